The van der Waals surface area contributed by atoms with E-state index in [0.717, 1.165) is 37.6 Å². The number of fused-ring (bicyclic) bond motifs is 3. The topological polar surface area (TPSA) is 26.0 Å². The van der Waals surface area contributed by atoms with Crippen molar-refractivity contribution in [2.75, 3.05) is 0 Å². The van der Waals surface area contributed by atoms with Crippen LogP contribution >= 0.6 is 0 Å². The molecule has 0 saturated carbocycles. The number of para-hydroxylation sites is 2. The maximum absolute atomic E-state index is 7.88. The molecule has 0 saturated heterocycles. The number of pyridine rings is 1. The molecular weight excluding hydrogens is 355 g/mol. The monoisotopic (exact) mass is 380 g/mol. The molecule has 0 radical (unpaired) electrons. The van der Waals surface area contributed by atoms with Crippen LogP contribution in [-0.4, -0.2) is 18.3 Å². The average molecular weight is 379 g/mol. The molecule has 3 heteroatoms. The van der Waals surface area contributed by atoms with Crippen LogP contribution in [0.3, 0.4) is 0 Å². The van der Waals surface area contributed by atoms with Gasteiger partial charge in [-0.15, -0.1) is 0 Å². The van der Waals surface area contributed by atoms with E-state index >= 15 is 0 Å². The molecule has 2 nitrogen and oxygen atoms in total. The fraction of sp³-hybridized carbons (Fsp3) is 0.190. The third kappa shape index (κ3) is 2.46. The number of benzene rings is 2. The molecule has 0 bridgehead atoms. The summed E-state index contributed by atoms with van der Waals surface area (Å²) in [6.45, 7) is -2.15. The van der Waals surface area contributed by atoms with Crippen molar-refractivity contribution in [2.24, 2.45) is 0 Å². The van der Waals surface area contributed by atoms with Gasteiger partial charge in [-0.25, -0.2) is 0 Å². The van der Waals surface area contributed by atoms with E-state index in [1.807, 2.05) is 48.5 Å². The van der Waals surface area contributed by atoms with Crippen LogP contribution in [0.25, 0.3) is 33.2 Å². The van der Waals surface area contributed by atoms with Gasteiger partial charge in [-0.1, -0.05) is 0 Å². The second kappa shape index (κ2) is 5.49. The van der Waals surface area contributed by atoms with E-state index < -0.39 is 20.1 Å². The number of furan rings is 1. The summed E-state index contributed by atoms with van der Waals surface area (Å²) in [4.78, 5) is 4.52. The van der Waals surface area contributed by atoms with Crippen molar-refractivity contribution in [3.05, 3.63) is 60.3 Å². The molecule has 0 spiro atoms. The molecule has 24 heavy (non-hydrogen) atoms. The Balaban J connectivity index is 1.99. The van der Waals surface area contributed by atoms with Gasteiger partial charge in [0.25, 0.3) is 0 Å². The number of nitrogens with zero attached hydrogens (tertiary/aromatic N) is 1. The third-order valence-corrected chi connectivity index (χ3v) is 8.65. The molecular formula is C21H21GeNO. The maximum atomic E-state index is 7.88. The van der Waals surface area contributed by atoms with E-state index in [1.165, 1.54) is 6.20 Å². The molecule has 0 aliphatic rings. The number of aryl methyl sites for hydroxylation is 1. The molecule has 0 N–H and O–H groups in total. The van der Waals surface area contributed by atoms with Gasteiger partial charge in [-0.2, -0.15) is 0 Å². The summed E-state index contributed by atoms with van der Waals surface area (Å²) in [5, 5.41) is 2.12. The molecule has 0 amide bonds. The molecule has 2 heterocycles. The first-order valence-corrected chi connectivity index (χ1v) is 15.4. The van der Waals surface area contributed by atoms with Crippen molar-refractivity contribution in [1.29, 1.82) is 0 Å². The first-order valence-electron chi connectivity index (χ1n) is 9.58. The Morgan fingerprint density at radius 3 is 2.58 bits per heavy atom. The summed E-state index contributed by atoms with van der Waals surface area (Å²) in [7, 11) is 0. The van der Waals surface area contributed by atoms with E-state index in [4.69, 9.17) is 8.53 Å². The van der Waals surface area contributed by atoms with Crippen LogP contribution in [0.15, 0.2) is 59.1 Å². The van der Waals surface area contributed by atoms with Crippen molar-refractivity contribution >= 4 is 39.6 Å². The van der Waals surface area contributed by atoms with Gasteiger partial charge in [0, 0.05) is 0 Å². The normalized spacial score (nSPS) is 14.5. The molecule has 0 unspecified atom stereocenters. The second-order valence-electron chi connectivity index (χ2n) is 7.15. The summed E-state index contributed by atoms with van der Waals surface area (Å²) in [6.07, 6.45) is 1.54. The quantitative estimate of drug-likeness (QED) is 0.430. The fourth-order valence-electron chi connectivity index (χ4n) is 3.17. The van der Waals surface area contributed by atoms with Gasteiger partial charge >= 0.3 is 149 Å². The van der Waals surface area contributed by atoms with Gasteiger partial charge in [-0.3, -0.25) is 0 Å². The van der Waals surface area contributed by atoms with Crippen molar-refractivity contribution in [3.8, 4) is 11.3 Å². The summed E-state index contributed by atoms with van der Waals surface area (Å²) in [5.74, 6) is 6.61. The molecule has 0 fully saturated rings. The van der Waals surface area contributed by atoms with Crippen LogP contribution in [0, 0.1) is 6.85 Å². The molecule has 0 aliphatic carbocycles. The molecule has 120 valence electrons. The molecule has 0 atom stereocenters. The number of hydrogen-bond donors (Lipinski definition) is 0. The van der Waals surface area contributed by atoms with Gasteiger partial charge in [0.05, 0.1) is 0 Å². The van der Waals surface area contributed by atoms with Gasteiger partial charge in [0.2, 0.25) is 0 Å². The standard InChI is InChI=1S/C21H21GeNO/c1-14-13-23-19(12-18(14)22(2,3)4)17-10-7-9-16-15-8-5-6-11-20(15)24-21(16)17/h5-13H,1-4H3/i1D3. The van der Waals surface area contributed by atoms with Gasteiger partial charge < -0.3 is 0 Å². The Hall–Kier alpha value is -2.07. The van der Waals surface area contributed by atoms with Crippen LogP contribution in [0.4, 0.5) is 0 Å². The molecule has 4 aromatic rings. The van der Waals surface area contributed by atoms with E-state index in [2.05, 4.69) is 22.3 Å². The predicted octanol–water partition coefficient (Wildman–Crippen LogP) is 5.50. The van der Waals surface area contributed by atoms with Crippen LogP contribution in [0.1, 0.15) is 9.68 Å². The number of hydrogen-bond acceptors (Lipinski definition) is 2. The zero-order chi connectivity index (χ0) is 19.4. The zero-order valence-electron chi connectivity index (χ0n) is 17.1. The summed E-state index contributed by atoms with van der Waals surface area (Å²) < 4.78 is 30.7. The van der Waals surface area contributed by atoms with Crippen LogP contribution in [0.5, 0.6) is 0 Å². The van der Waals surface area contributed by atoms with Crippen LogP contribution < -0.4 is 4.40 Å². The summed E-state index contributed by atoms with van der Waals surface area (Å²) in [5.41, 5.74) is 3.68. The summed E-state index contributed by atoms with van der Waals surface area (Å²) in [6, 6.07) is 16.0. The Morgan fingerprint density at radius 1 is 1.00 bits per heavy atom. The SMILES string of the molecule is [2H]C([2H])([2H])c1cnc(-c2cccc3c2oc2ccccc23)c[c]1[Ge]([CH3])([CH3])[CH3]. The van der Waals surface area contributed by atoms with Crippen molar-refractivity contribution < 1.29 is 8.53 Å². The van der Waals surface area contributed by atoms with E-state index in [0.29, 0.717) is 5.56 Å². The number of rotatable bonds is 2. The second-order valence-corrected chi connectivity index (χ2v) is 17.7. The number of aromatic nitrogens is 1. The van der Waals surface area contributed by atoms with Crippen molar-refractivity contribution in [3.63, 3.8) is 0 Å². The average Bonchev–Trinajstić information content (AvgIpc) is 2.98. The third-order valence-electron chi connectivity index (χ3n) is 4.39. The summed E-state index contributed by atoms with van der Waals surface area (Å²) >= 11 is -2.43. The minimum absolute atomic E-state index is 0.385. The van der Waals surface area contributed by atoms with Gasteiger partial charge in [0.1, 0.15) is 0 Å². The van der Waals surface area contributed by atoms with Crippen LogP contribution in [0.2, 0.25) is 17.3 Å². The molecule has 2 aromatic heterocycles. The predicted molar refractivity (Wildman–Crippen MR) is 105 cm³/mol. The first-order chi connectivity index (χ1) is 12.7. The van der Waals surface area contributed by atoms with Gasteiger partial charge in [-0.05, 0) is 0 Å². The molecule has 0 aliphatic heterocycles. The molecule has 2 aromatic carbocycles. The van der Waals surface area contributed by atoms with E-state index in [-0.39, 0.29) is 0 Å². The van der Waals surface area contributed by atoms with Crippen LogP contribution in [-0.2, 0) is 0 Å². The minimum atomic E-state index is -2.43. The van der Waals surface area contributed by atoms with Crippen molar-refractivity contribution in [1.82, 2.24) is 4.98 Å². The molecule has 4 rings (SSSR count). The van der Waals surface area contributed by atoms with Crippen molar-refractivity contribution in [2.45, 2.75) is 24.1 Å². The van der Waals surface area contributed by atoms with E-state index in [1.54, 1.807) is 0 Å². The fourth-order valence-corrected chi connectivity index (χ4v) is 6.20. The van der Waals surface area contributed by atoms with E-state index in [9.17, 15) is 0 Å². The Morgan fingerprint density at radius 2 is 1.79 bits per heavy atom. The zero-order valence-corrected chi connectivity index (χ0v) is 16.1. The Bertz CT molecular complexity index is 1160. The Labute approximate surface area is 149 Å². The first kappa shape index (κ1) is 12.3. The van der Waals surface area contributed by atoms with Gasteiger partial charge in [0.15, 0.2) is 0 Å². The Kier molecular flexibility index (Phi) is 2.82.